The summed E-state index contributed by atoms with van der Waals surface area (Å²) in [5.41, 5.74) is 1.09. The zero-order chi connectivity index (χ0) is 17.0. The van der Waals surface area contributed by atoms with Gasteiger partial charge >= 0.3 is 7.60 Å². The summed E-state index contributed by atoms with van der Waals surface area (Å²) in [5, 5.41) is 0. The van der Waals surface area contributed by atoms with Gasteiger partial charge in [0, 0.05) is 0 Å². The Morgan fingerprint density at radius 3 is 2.17 bits per heavy atom. The molecule has 5 heteroatoms. The molecule has 0 aliphatic carbocycles. The average molecular weight is 340 g/mol. The third-order valence-corrected chi connectivity index (χ3v) is 5.53. The molecule has 0 fully saturated rings. The number of benzene rings is 1. The molecule has 0 bridgehead atoms. The maximum atomic E-state index is 12.3. The molecule has 0 aliphatic rings. The SMILES string of the molecule is C=Cc1ccc(OCCCCCCP(=O)(OCC)OCC)cc1. The van der Waals surface area contributed by atoms with Crippen LogP contribution in [0, 0.1) is 0 Å². The Labute approximate surface area is 140 Å². The molecule has 0 aliphatic heterocycles. The van der Waals surface area contributed by atoms with E-state index in [1.165, 1.54) is 0 Å². The molecule has 0 heterocycles. The van der Waals surface area contributed by atoms with Crippen molar-refractivity contribution in [2.45, 2.75) is 39.5 Å². The summed E-state index contributed by atoms with van der Waals surface area (Å²) in [7, 11) is -2.87. The molecule has 0 saturated carbocycles. The van der Waals surface area contributed by atoms with Gasteiger partial charge in [0.1, 0.15) is 5.75 Å². The standard InChI is InChI=1S/C18H29O4P/c1-4-17-11-13-18(14-12-17)20-15-9-7-8-10-16-23(19,21-5-2)22-6-3/h4,11-14H,1,5-10,15-16H2,2-3H3. The molecule has 4 nitrogen and oxygen atoms in total. The summed E-state index contributed by atoms with van der Waals surface area (Å²) in [6, 6.07) is 7.89. The van der Waals surface area contributed by atoms with Crippen LogP contribution in [0.5, 0.6) is 5.75 Å². The van der Waals surface area contributed by atoms with Gasteiger partial charge in [-0.3, -0.25) is 4.57 Å². The Kier molecular flexibility index (Phi) is 9.93. The van der Waals surface area contributed by atoms with E-state index in [2.05, 4.69) is 6.58 Å². The molecule has 0 unspecified atom stereocenters. The van der Waals surface area contributed by atoms with Gasteiger partial charge in [-0.05, 0) is 44.4 Å². The normalized spacial score (nSPS) is 11.4. The highest BCUT2D eigenvalue weighted by Crippen LogP contribution is 2.48. The lowest BCUT2D eigenvalue weighted by molar-refractivity contribution is 0.219. The van der Waals surface area contributed by atoms with E-state index >= 15 is 0 Å². The summed E-state index contributed by atoms with van der Waals surface area (Å²) in [6.45, 7) is 8.95. The van der Waals surface area contributed by atoms with Crippen molar-refractivity contribution in [3.8, 4) is 5.75 Å². The van der Waals surface area contributed by atoms with Crippen LogP contribution in [0.15, 0.2) is 30.8 Å². The van der Waals surface area contributed by atoms with Crippen LogP contribution in [0.4, 0.5) is 0 Å². The first-order valence-electron chi connectivity index (χ1n) is 8.37. The van der Waals surface area contributed by atoms with Crippen molar-refractivity contribution in [3.05, 3.63) is 36.4 Å². The third-order valence-electron chi connectivity index (χ3n) is 3.36. The van der Waals surface area contributed by atoms with E-state index in [1.54, 1.807) is 0 Å². The Morgan fingerprint density at radius 1 is 1.00 bits per heavy atom. The maximum absolute atomic E-state index is 12.3. The highest BCUT2D eigenvalue weighted by Gasteiger charge is 2.22. The smallest absolute Gasteiger partial charge is 0.330 e. The lowest BCUT2D eigenvalue weighted by atomic mass is 10.2. The molecule has 1 rings (SSSR count). The fourth-order valence-corrected chi connectivity index (χ4v) is 3.94. The van der Waals surface area contributed by atoms with E-state index in [0.29, 0.717) is 26.0 Å². The van der Waals surface area contributed by atoms with E-state index < -0.39 is 7.60 Å². The quantitative estimate of drug-likeness (QED) is 0.349. The van der Waals surface area contributed by atoms with Crippen LogP contribution < -0.4 is 4.74 Å². The summed E-state index contributed by atoms with van der Waals surface area (Å²) in [5.74, 6) is 0.882. The van der Waals surface area contributed by atoms with E-state index in [4.69, 9.17) is 13.8 Å². The first kappa shape index (κ1) is 20.0. The van der Waals surface area contributed by atoms with Crippen molar-refractivity contribution in [2.24, 2.45) is 0 Å². The van der Waals surface area contributed by atoms with Gasteiger partial charge in [0.05, 0.1) is 26.0 Å². The van der Waals surface area contributed by atoms with Crippen LogP contribution in [0.2, 0.25) is 0 Å². The van der Waals surface area contributed by atoms with Gasteiger partial charge in [-0.25, -0.2) is 0 Å². The molecule has 0 amide bonds. The van der Waals surface area contributed by atoms with E-state index in [9.17, 15) is 4.57 Å². The lowest BCUT2D eigenvalue weighted by Crippen LogP contribution is -2.01. The van der Waals surface area contributed by atoms with Gasteiger partial charge in [-0.1, -0.05) is 37.6 Å². The minimum absolute atomic E-state index is 0.426. The predicted molar refractivity (Wildman–Crippen MR) is 96.2 cm³/mol. The second kappa shape index (κ2) is 11.4. The van der Waals surface area contributed by atoms with E-state index in [0.717, 1.165) is 37.0 Å². The van der Waals surface area contributed by atoms with Gasteiger partial charge < -0.3 is 13.8 Å². The summed E-state index contributed by atoms with van der Waals surface area (Å²) >= 11 is 0. The van der Waals surface area contributed by atoms with Gasteiger partial charge in [0.15, 0.2) is 0 Å². The van der Waals surface area contributed by atoms with Crippen molar-refractivity contribution in [1.82, 2.24) is 0 Å². The summed E-state index contributed by atoms with van der Waals surface area (Å²) in [4.78, 5) is 0. The van der Waals surface area contributed by atoms with Gasteiger partial charge in [-0.2, -0.15) is 0 Å². The van der Waals surface area contributed by atoms with Gasteiger partial charge in [-0.15, -0.1) is 0 Å². The fourth-order valence-electron chi connectivity index (χ4n) is 2.21. The van der Waals surface area contributed by atoms with Crippen LogP contribution in [-0.4, -0.2) is 26.0 Å². The third kappa shape index (κ3) is 8.36. The zero-order valence-corrected chi connectivity index (χ0v) is 15.2. The lowest BCUT2D eigenvalue weighted by Gasteiger charge is -2.16. The number of hydrogen-bond donors (Lipinski definition) is 0. The molecular formula is C18H29O4P. The van der Waals surface area contributed by atoms with Crippen LogP contribution in [-0.2, 0) is 13.6 Å². The molecule has 0 N–H and O–H groups in total. The first-order chi connectivity index (χ1) is 11.1. The van der Waals surface area contributed by atoms with Gasteiger partial charge in [0.2, 0.25) is 0 Å². The molecule has 0 radical (unpaired) electrons. The van der Waals surface area contributed by atoms with Crippen LogP contribution in [0.3, 0.4) is 0 Å². The Balaban J connectivity index is 2.12. The molecule has 130 valence electrons. The Morgan fingerprint density at radius 2 is 1.61 bits per heavy atom. The fraction of sp³-hybridized carbons (Fsp3) is 0.556. The van der Waals surface area contributed by atoms with Crippen LogP contribution >= 0.6 is 7.60 Å². The second-order valence-electron chi connectivity index (χ2n) is 5.21. The largest absolute Gasteiger partial charge is 0.494 e. The monoisotopic (exact) mass is 340 g/mol. The minimum Gasteiger partial charge on any atom is -0.494 e. The number of rotatable bonds is 13. The van der Waals surface area contributed by atoms with Crippen molar-refractivity contribution >= 4 is 13.7 Å². The van der Waals surface area contributed by atoms with Crippen molar-refractivity contribution in [1.29, 1.82) is 0 Å². The average Bonchev–Trinajstić information content (AvgIpc) is 2.55. The van der Waals surface area contributed by atoms with Crippen LogP contribution in [0.25, 0.3) is 6.08 Å². The molecule has 0 spiro atoms. The molecule has 1 aromatic rings. The maximum Gasteiger partial charge on any atom is 0.330 e. The molecule has 23 heavy (non-hydrogen) atoms. The summed E-state index contributed by atoms with van der Waals surface area (Å²) < 4.78 is 28.5. The van der Waals surface area contributed by atoms with E-state index in [1.807, 2.05) is 44.2 Å². The van der Waals surface area contributed by atoms with Gasteiger partial charge in [0.25, 0.3) is 0 Å². The molecule has 0 atom stereocenters. The second-order valence-corrected chi connectivity index (χ2v) is 7.39. The predicted octanol–water partition coefficient (Wildman–Crippen LogP) is 5.53. The zero-order valence-electron chi connectivity index (χ0n) is 14.3. The van der Waals surface area contributed by atoms with Crippen molar-refractivity contribution < 1.29 is 18.3 Å². The number of hydrogen-bond acceptors (Lipinski definition) is 4. The minimum atomic E-state index is -2.87. The summed E-state index contributed by atoms with van der Waals surface area (Å²) in [6.07, 6.45) is 6.19. The molecular weight excluding hydrogens is 311 g/mol. The van der Waals surface area contributed by atoms with Crippen molar-refractivity contribution in [2.75, 3.05) is 26.0 Å². The Hall–Kier alpha value is -1.09. The number of unbranched alkanes of at least 4 members (excludes halogenated alkanes) is 3. The number of ether oxygens (including phenoxy) is 1. The van der Waals surface area contributed by atoms with E-state index in [-0.39, 0.29) is 0 Å². The molecule has 1 aromatic carbocycles. The van der Waals surface area contributed by atoms with Crippen LogP contribution in [0.1, 0.15) is 45.1 Å². The Bertz CT molecular complexity index is 474. The highest BCUT2D eigenvalue weighted by molar-refractivity contribution is 7.53. The van der Waals surface area contributed by atoms with Crippen molar-refractivity contribution in [3.63, 3.8) is 0 Å². The first-order valence-corrected chi connectivity index (χ1v) is 10.1. The molecule has 0 aromatic heterocycles. The highest BCUT2D eigenvalue weighted by atomic mass is 31.2. The molecule has 0 saturated heterocycles. The topological polar surface area (TPSA) is 44.8 Å².